The summed E-state index contributed by atoms with van der Waals surface area (Å²) in [6.45, 7) is 6.71. The fourth-order valence-electron chi connectivity index (χ4n) is 2.75. The van der Waals surface area contributed by atoms with Crippen LogP contribution in [0, 0.1) is 0 Å². The van der Waals surface area contributed by atoms with Crippen LogP contribution in [0.25, 0.3) is 0 Å². The Balaban J connectivity index is 2.09. The molecule has 5 heteroatoms. The van der Waals surface area contributed by atoms with Gasteiger partial charge in [0.1, 0.15) is 5.75 Å². The topological polar surface area (TPSA) is 50.8 Å². The molecule has 22 heavy (non-hydrogen) atoms. The van der Waals surface area contributed by atoms with Gasteiger partial charge in [-0.3, -0.25) is 4.79 Å². The molecule has 0 aromatic heterocycles. The van der Waals surface area contributed by atoms with Crippen LogP contribution in [0.1, 0.15) is 31.9 Å². The van der Waals surface area contributed by atoms with Gasteiger partial charge in [-0.2, -0.15) is 0 Å². The van der Waals surface area contributed by atoms with Crippen molar-refractivity contribution in [3.63, 3.8) is 0 Å². The Morgan fingerprint density at radius 3 is 2.91 bits per heavy atom. The molecule has 1 atom stereocenters. The fraction of sp³-hybridized carbons (Fsp3) is 0.588. The van der Waals surface area contributed by atoms with Crippen molar-refractivity contribution >= 4 is 5.91 Å². The van der Waals surface area contributed by atoms with Crippen molar-refractivity contribution in [2.75, 3.05) is 33.4 Å². The molecule has 2 rings (SSSR count). The zero-order chi connectivity index (χ0) is 15.9. The Labute approximate surface area is 132 Å². The summed E-state index contributed by atoms with van der Waals surface area (Å²) >= 11 is 0. The largest absolute Gasteiger partial charge is 0.496 e. The van der Waals surface area contributed by atoms with Crippen molar-refractivity contribution in [3.8, 4) is 5.75 Å². The molecule has 1 aliphatic rings. The molecular weight excluding hydrogens is 280 g/mol. The van der Waals surface area contributed by atoms with Crippen LogP contribution < -0.4 is 10.1 Å². The number of para-hydroxylation sites is 1. The van der Waals surface area contributed by atoms with Crippen LogP contribution in [-0.4, -0.2) is 50.3 Å². The Hall–Kier alpha value is -1.59. The molecule has 1 amide bonds. The van der Waals surface area contributed by atoms with Crippen LogP contribution in [0.15, 0.2) is 24.3 Å². The highest BCUT2D eigenvalue weighted by atomic mass is 16.5. The van der Waals surface area contributed by atoms with Gasteiger partial charge in [0, 0.05) is 25.2 Å². The summed E-state index contributed by atoms with van der Waals surface area (Å²) in [5.74, 6) is 0.963. The highest BCUT2D eigenvalue weighted by molar-refractivity contribution is 5.77. The zero-order valence-corrected chi connectivity index (χ0v) is 13.7. The average Bonchev–Trinajstić information content (AvgIpc) is 2.54. The summed E-state index contributed by atoms with van der Waals surface area (Å²) in [7, 11) is 1.66. The number of nitrogens with zero attached hydrogens (tertiary/aromatic N) is 1. The van der Waals surface area contributed by atoms with Gasteiger partial charge in [0.05, 0.1) is 32.3 Å². The maximum absolute atomic E-state index is 12.5. The predicted octanol–water partition coefficient (Wildman–Crippen LogP) is 1.98. The highest BCUT2D eigenvalue weighted by Gasteiger charge is 2.29. The molecule has 0 spiro atoms. The van der Waals surface area contributed by atoms with Gasteiger partial charge in [-0.15, -0.1) is 0 Å². The van der Waals surface area contributed by atoms with Crippen molar-refractivity contribution in [2.24, 2.45) is 0 Å². The third-order valence-electron chi connectivity index (χ3n) is 3.83. The lowest BCUT2D eigenvalue weighted by Gasteiger charge is -2.37. The van der Waals surface area contributed by atoms with Crippen molar-refractivity contribution < 1.29 is 14.3 Å². The van der Waals surface area contributed by atoms with Crippen LogP contribution >= 0.6 is 0 Å². The summed E-state index contributed by atoms with van der Waals surface area (Å²) in [6.07, 6.45) is 0.574. The minimum Gasteiger partial charge on any atom is -0.496 e. The van der Waals surface area contributed by atoms with E-state index in [1.165, 1.54) is 0 Å². The fourth-order valence-corrected chi connectivity index (χ4v) is 2.75. The second-order valence-corrected chi connectivity index (χ2v) is 5.72. The number of ether oxygens (including phenoxy) is 2. The second kappa shape index (κ2) is 8.15. The van der Waals surface area contributed by atoms with Crippen molar-refractivity contribution in [2.45, 2.75) is 32.4 Å². The maximum atomic E-state index is 12.5. The Kier molecular flexibility index (Phi) is 6.21. The van der Waals surface area contributed by atoms with E-state index >= 15 is 0 Å². The molecule has 1 fully saturated rings. The number of rotatable bonds is 6. The summed E-state index contributed by atoms with van der Waals surface area (Å²) < 4.78 is 11.0. The van der Waals surface area contributed by atoms with Crippen LogP contribution in [0.2, 0.25) is 0 Å². The Morgan fingerprint density at radius 2 is 2.18 bits per heavy atom. The standard InChI is InChI=1S/C17H26N2O3/c1-13(2)22-11-8-17(20)19-10-9-18-12-15(19)14-6-4-5-7-16(14)21-3/h4-7,13,15,18H,8-12H2,1-3H3. The van der Waals surface area contributed by atoms with Crippen LogP contribution in [-0.2, 0) is 9.53 Å². The zero-order valence-electron chi connectivity index (χ0n) is 13.7. The number of carbonyl (C=O) groups is 1. The van der Waals surface area contributed by atoms with E-state index in [4.69, 9.17) is 9.47 Å². The maximum Gasteiger partial charge on any atom is 0.225 e. The number of hydrogen-bond acceptors (Lipinski definition) is 4. The van der Waals surface area contributed by atoms with Gasteiger partial charge in [0.25, 0.3) is 0 Å². The SMILES string of the molecule is COc1ccccc1C1CNCCN1C(=O)CCOC(C)C. The van der Waals surface area contributed by atoms with E-state index in [2.05, 4.69) is 5.32 Å². The van der Waals surface area contributed by atoms with Crippen molar-refractivity contribution in [1.29, 1.82) is 0 Å². The molecule has 0 aliphatic carbocycles. The number of benzene rings is 1. The average molecular weight is 306 g/mol. The molecule has 1 aromatic carbocycles. The summed E-state index contributed by atoms with van der Waals surface area (Å²) in [5, 5.41) is 3.36. The van der Waals surface area contributed by atoms with Crippen LogP contribution in [0.5, 0.6) is 5.75 Å². The minimum atomic E-state index is 0.0106. The van der Waals surface area contributed by atoms with E-state index in [0.717, 1.165) is 24.4 Å². The first-order chi connectivity index (χ1) is 10.6. The number of hydrogen-bond donors (Lipinski definition) is 1. The third kappa shape index (κ3) is 4.21. The summed E-state index contributed by atoms with van der Waals surface area (Å²) in [5.41, 5.74) is 1.05. The van der Waals surface area contributed by atoms with E-state index in [1.54, 1.807) is 7.11 Å². The predicted molar refractivity (Wildman–Crippen MR) is 86.0 cm³/mol. The molecule has 1 aromatic rings. The molecule has 1 saturated heterocycles. The highest BCUT2D eigenvalue weighted by Crippen LogP contribution is 2.30. The smallest absolute Gasteiger partial charge is 0.225 e. The van der Waals surface area contributed by atoms with Crippen LogP contribution in [0.4, 0.5) is 0 Å². The van der Waals surface area contributed by atoms with Crippen molar-refractivity contribution in [3.05, 3.63) is 29.8 Å². The van der Waals surface area contributed by atoms with Gasteiger partial charge in [-0.1, -0.05) is 18.2 Å². The Bertz CT molecular complexity index is 491. The van der Waals surface area contributed by atoms with E-state index in [9.17, 15) is 4.79 Å². The van der Waals surface area contributed by atoms with E-state index in [-0.39, 0.29) is 18.1 Å². The van der Waals surface area contributed by atoms with Gasteiger partial charge in [0.2, 0.25) is 5.91 Å². The quantitative estimate of drug-likeness (QED) is 0.873. The molecule has 5 nitrogen and oxygen atoms in total. The monoisotopic (exact) mass is 306 g/mol. The lowest BCUT2D eigenvalue weighted by molar-refractivity contribution is -0.136. The third-order valence-corrected chi connectivity index (χ3v) is 3.83. The van der Waals surface area contributed by atoms with Gasteiger partial charge >= 0.3 is 0 Å². The number of nitrogens with one attached hydrogen (secondary N) is 1. The van der Waals surface area contributed by atoms with Crippen LogP contribution in [0.3, 0.4) is 0 Å². The molecule has 122 valence electrons. The lowest BCUT2D eigenvalue weighted by Crippen LogP contribution is -2.49. The molecule has 1 heterocycles. The van der Waals surface area contributed by atoms with Gasteiger partial charge in [0.15, 0.2) is 0 Å². The normalized spacial score (nSPS) is 18.5. The van der Waals surface area contributed by atoms with E-state index < -0.39 is 0 Å². The first kappa shape index (κ1) is 16.8. The second-order valence-electron chi connectivity index (χ2n) is 5.72. The molecule has 0 radical (unpaired) electrons. The first-order valence-electron chi connectivity index (χ1n) is 7.88. The summed E-state index contributed by atoms with van der Waals surface area (Å²) in [4.78, 5) is 14.5. The number of methoxy groups -OCH3 is 1. The molecular formula is C17H26N2O3. The lowest BCUT2D eigenvalue weighted by atomic mass is 10.0. The van der Waals surface area contributed by atoms with Gasteiger partial charge < -0.3 is 19.7 Å². The van der Waals surface area contributed by atoms with E-state index in [1.807, 2.05) is 43.0 Å². The number of carbonyl (C=O) groups excluding carboxylic acids is 1. The van der Waals surface area contributed by atoms with Gasteiger partial charge in [-0.05, 0) is 19.9 Å². The van der Waals surface area contributed by atoms with Crippen molar-refractivity contribution in [1.82, 2.24) is 10.2 Å². The molecule has 1 aliphatic heterocycles. The molecule has 0 bridgehead atoms. The minimum absolute atomic E-state index is 0.0106. The molecule has 1 unspecified atom stereocenters. The summed E-state index contributed by atoms with van der Waals surface area (Å²) in [6, 6.07) is 7.91. The number of piperazine rings is 1. The molecule has 1 N–H and O–H groups in total. The first-order valence-corrected chi connectivity index (χ1v) is 7.88. The van der Waals surface area contributed by atoms with Gasteiger partial charge in [-0.25, -0.2) is 0 Å². The Morgan fingerprint density at radius 1 is 1.41 bits per heavy atom. The molecule has 0 saturated carbocycles. The van der Waals surface area contributed by atoms with E-state index in [0.29, 0.717) is 19.6 Å². The number of amides is 1.